The van der Waals surface area contributed by atoms with Crippen molar-refractivity contribution >= 4 is 31.4 Å². The Morgan fingerprint density at radius 3 is 1.26 bits per heavy atom. The van der Waals surface area contributed by atoms with Gasteiger partial charge in [0.2, 0.25) is 0 Å². The first-order chi connectivity index (χ1) is 18.5. The fourth-order valence-corrected chi connectivity index (χ4v) is 6.08. The van der Waals surface area contributed by atoms with Crippen molar-refractivity contribution in [1.82, 2.24) is 0 Å². The van der Waals surface area contributed by atoms with E-state index in [0.717, 1.165) is 22.3 Å². The van der Waals surface area contributed by atoms with Gasteiger partial charge in [-0.2, -0.15) is 0 Å². The van der Waals surface area contributed by atoms with Gasteiger partial charge in [0, 0.05) is 0 Å². The molecule has 0 unspecified atom stereocenters. The average Bonchev–Trinajstić information content (AvgIpc) is 2.90. The monoisotopic (exact) mass is 566 g/mol. The number of anilines is 2. The molecule has 39 heavy (non-hydrogen) atoms. The Hall–Kier alpha value is -4.02. The maximum atomic E-state index is 12.8. The second kappa shape index (κ2) is 11.4. The fourth-order valence-electron chi connectivity index (χ4n) is 3.94. The van der Waals surface area contributed by atoms with Gasteiger partial charge in [-0.3, -0.25) is 9.44 Å². The van der Waals surface area contributed by atoms with Gasteiger partial charge in [-0.1, -0.05) is 47.5 Å². The van der Waals surface area contributed by atoms with Crippen molar-refractivity contribution in [2.45, 2.75) is 30.1 Å². The first-order valence-corrected chi connectivity index (χ1v) is 15.0. The molecule has 0 aliphatic rings. The quantitative estimate of drug-likeness (QED) is 0.262. The van der Waals surface area contributed by atoms with Crippen molar-refractivity contribution < 1.29 is 26.3 Å². The van der Waals surface area contributed by atoms with Crippen LogP contribution in [0.5, 0.6) is 11.5 Å². The topological polar surface area (TPSA) is 111 Å². The molecule has 4 aromatic rings. The molecule has 10 heteroatoms. The number of benzene rings is 4. The molecule has 8 nitrogen and oxygen atoms in total. The molecule has 2 N–H and O–H groups in total. The summed E-state index contributed by atoms with van der Waals surface area (Å²) in [4.78, 5) is 0.314. The molecule has 0 atom stereocenters. The molecule has 0 aromatic heterocycles. The summed E-state index contributed by atoms with van der Waals surface area (Å²) in [6.45, 7) is 3.77. The van der Waals surface area contributed by atoms with Crippen LogP contribution in [0.15, 0.2) is 94.7 Å². The molecular formula is C29H30N2O6S2. The fraction of sp³-hybridized carbons (Fsp3) is 0.172. The Morgan fingerprint density at radius 1 is 0.564 bits per heavy atom. The van der Waals surface area contributed by atoms with E-state index in [9.17, 15) is 16.8 Å². The molecule has 0 heterocycles. The lowest BCUT2D eigenvalue weighted by molar-refractivity contribution is 0.416. The van der Waals surface area contributed by atoms with Crippen molar-refractivity contribution in [3.8, 4) is 11.5 Å². The van der Waals surface area contributed by atoms with E-state index in [0.29, 0.717) is 29.3 Å². The van der Waals surface area contributed by atoms with E-state index >= 15 is 0 Å². The third-order valence-corrected chi connectivity index (χ3v) is 8.85. The molecule has 0 radical (unpaired) electrons. The Balaban J connectivity index is 1.53. The maximum Gasteiger partial charge on any atom is 0.262 e. The molecule has 0 aliphatic carbocycles. The van der Waals surface area contributed by atoms with Crippen LogP contribution in [0, 0.1) is 13.8 Å². The Labute approximate surface area is 229 Å². The highest BCUT2D eigenvalue weighted by molar-refractivity contribution is 7.93. The van der Waals surface area contributed by atoms with Crippen molar-refractivity contribution in [3.63, 3.8) is 0 Å². The third-order valence-electron chi connectivity index (χ3n) is 6.09. The number of aryl methyl sites for hydroxylation is 2. The molecule has 0 bridgehead atoms. The van der Waals surface area contributed by atoms with Gasteiger partial charge in [0.05, 0.1) is 35.4 Å². The van der Waals surface area contributed by atoms with Gasteiger partial charge in [0.15, 0.2) is 0 Å². The average molecular weight is 567 g/mol. The largest absolute Gasteiger partial charge is 0.495 e. The van der Waals surface area contributed by atoms with Gasteiger partial charge in [0.1, 0.15) is 11.5 Å². The first-order valence-electron chi connectivity index (χ1n) is 12.0. The summed E-state index contributed by atoms with van der Waals surface area (Å²) in [5.74, 6) is 0.746. The standard InChI is InChI=1S/C29H30N2O6S2/c1-20-5-11-24(12-6-20)38(32,33)30-26-15-9-22(18-28(26)36-3)17-23-10-16-27(29(19-23)37-4)31-39(34,35)25-13-7-21(2)8-14-25/h5-16,18-19,30-31H,17H2,1-4H3. The molecular weight excluding hydrogens is 536 g/mol. The SMILES string of the molecule is COc1cc(Cc2ccc(NS(=O)(=O)c3ccc(C)cc3)c(OC)c2)ccc1NS(=O)(=O)c1ccc(C)cc1. The van der Waals surface area contributed by atoms with Crippen LogP contribution in [0.4, 0.5) is 11.4 Å². The molecule has 0 amide bonds. The second-order valence-corrected chi connectivity index (χ2v) is 12.4. The summed E-state index contributed by atoms with van der Waals surface area (Å²) >= 11 is 0. The molecule has 0 aliphatic heterocycles. The van der Waals surface area contributed by atoms with Crippen LogP contribution in [0.1, 0.15) is 22.3 Å². The number of methoxy groups -OCH3 is 2. The van der Waals surface area contributed by atoms with E-state index < -0.39 is 20.0 Å². The van der Waals surface area contributed by atoms with Gasteiger partial charge in [-0.05, 0) is 79.9 Å². The van der Waals surface area contributed by atoms with Crippen LogP contribution in [0.2, 0.25) is 0 Å². The summed E-state index contributed by atoms with van der Waals surface area (Å²) in [6, 6.07) is 23.6. The molecule has 0 fully saturated rings. The Kier molecular flexibility index (Phi) is 8.17. The van der Waals surface area contributed by atoms with Crippen LogP contribution >= 0.6 is 0 Å². The lowest BCUT2D eigenvalue weighted by Gasteiger charge is -2.15. The number of hydrogen-bond donors (Lipinski definition) is 2. The molecule has 0 spiro atoms. The predicted octanol–water partition coefficient (Wildman–Crippen LogP) is 5.51. The Morgan fingerprint density at radius 2 is 0.923 bits per heavy atom. The summed E-state index contributed by atoms with van der Waals surface area (Å²) < 4.78 is 67.4. The number of hydrogen-bond acceptors (Lipinski definition) is 6. The minimum absolute atomic E-state index is 0.157. The van der Waals surface area contributed by atoms with Crippen LogP contribution in [-0.4, -0.2) is 31.1 Å². The zero-order valence-electron chi connectivity index (χ0n) is 22.1. The summed E-state index contributed by atoms with van der Waals surface area (Å²) in [7, 11) is -4.63. The lowest BCUT2D eigenvalue weighted by atomic mass is 10.0. The molecule has 0 saturated heterocycles. The van der Waals surface area contributed by atoms with Crippen LogP contribution in [-0.2, 0) is 26.5 Å². The molecule has 204 valence electrons. The normalized spacial score (nSPS) is 11.6. The van der Waals surface area contributed by atoms with Crippen molar-refractivity contribution in [1.29, 1.82) is 0 Å². The van der Waals surface area contributed by atoms with Crippen LogP contribution < -0.4 is 18.9 Å². The maximum absolute atomic E-state index is 12.8. The number of ether oxygens (including phenoxy) is 2. The molecule has 0 saturated carbocycles. The van der Waals surface area contributed by atoms with Crippen LogP contribution in [0.3, 0.4) is 0 Å². The van der Waals surface area contributed by atoms with Gasteiger partial charge in [-0.25, -0.2) is 16.8 Å². The highest BCUT2D eigenvalue weighted by Crippen LogP contribution is 2.32. The van der Waals surface area contributed by atoms with Gasteiger partial charge in [0.25, 0.3) is 20.0 Å². The van der Waals surface area contributed by atoms with E-state index in [1.54, 1.807) is 84.9 Å². The summed E-state index contributed by atoms with van der Waals surface area (Å²) in [5, 5.41) is 0. The van der Waals surface area contributed by atoms with Crippen molar-refractivity contribution in [2.24, 2.45) is 0 Å². The van der Waals surface area contributed by atoms with E-state index in [1.807, 2.05) is 13.8 Å². The van der Waals surface area contributed by atoms with E-state index in [4.69, 9.17) is 9.47 Å². The second-order valence-electron chi connectivity index (χ2n) is 9.08. The number of nitrogens with one attached hydrogen (secondary N) is 2. The number of sulfonamides is 2. The summed E-state index contributed by atoms with van der Waals surface area (Å²) in [6.07, 6.45) is 0.475. The zero-order valence-corrected chi connectivity index (χ0v) is 23.7. The van der Waals surface area contributed by atoms with E-state index in [-0.39, 0.29) is 9.79 Å². The van der Waals surface area contributed by atoms with Crippen LogP contribution in [0.25, 0.3) is 0 Å². The Bertz CT molecular complexity index is 1560. The van der Waals surface area contributed by atoms with Crippen molar-refractivity contribution in [3.05, 3.63) is 107 Å². The lowest BCUT2D eigenvalue weighted by Crippen LogP contribution is -2.14. The van der Waals surface area contributed by atoms with Gasteiger partial charge < -0.3 is 9.47 Å². The number of rotatable bonds is 10. The first kappa shape index (κ1) is 28.0. The van der Waals surface area contributed by atoms with E-state index in [1.165, 1.54) is 14.2 Å². The van der Waals surface area contributed by atoms with Crippen molar-refractivity contribution in [2.75, 3.05) is 23.7 Å². The molecule has 4 aromatic carbocycles. The third kappa shape index (κ3) is 6.71. The zero-order chi connectivity index (χ0) is 28.2. The predicted molar refractivity (Wildman–Crippen MR) is 153 cm³/mol. The van der Waals surface area contributed by atoms with Gasteiger partial charge in [-0.15, -0.1) is 0 Å². The minimum Gasteiger partial charge on any atom is -0.495 e. The smallest absolute Gasteiger partial charge is 0.262 e. The minimum atomic E-state index is -3.79. The summed E-state index contributed by atoms with van der Waals surface area (Å²) in [5.41, 5.74) is 4.29. The highest BCUT2D eigenvalue weighted by atomic mass is 32.2. The van der Waals surface area contributed by atoms with Gasteiger partial charge >= 0.3 is 0 Å². The molecule has 4 rings (SSSR count). The highest BCUT2D eigenvalue weighted by Gasteiger charge is 2.18. The van der Waals surface area contributed by atoms with E-state index in [2.05, 4.69) is 9.44 Å².